The van der Waals surface area contributed by atoms with Crippen molar-refractivity contribution in [1.82, 2.24) is 4.90 Å². The number of piperidine rings is 1. The topological polar surface area (TPSA) is 12.5 Å². The van der Waals surface area contributed by atoms with E-state index < -0.39 is 0 Å². The molecular weight excluding hydrogens is 206 g/mol. The van der Waals surface area contributed by atoms with E-state index in [-0.39, 0.29) is 0 Å². The molecule has 3 heteroatoms. The van der Waals surface area contributed by atoms with Crippen LogP contribution in [0.2, 0.25) is 0 Å². The maximum Gasteiger partial charge on any atom is 0.0472 e. The molecule has 88 valence electrons. The predicted octanol–water partition coefficient (Wildman–Crippen LogP) is 2.20. The van der Waals surface area contributed by atoms with E-state index in [1.807, 2.05) is 0 Å². The van der Waals surface area contributed by atoms with Crippen molar-refractivity contribution in [3.8, 4) is 0 Å². The Labute approximate surface area is 98.8 Å². The van der Waals surface area contributed by atoms with Gasteiger partial charge in [-0.15, -0.1) is 0 Å². The molecule has 0 aromatic carbocycles. The first kappa shape index (κ1) is 11.7. The van der Waals surface area contributed by atoms with Gasteiger partial charge in [-0.05, 0) is 49.9 Å². The molecule has 0 unspecified atom stereocenters. The van der Waals surface area contributed by atoms with Crippen LogP contribution in [0.25, 0.3) is 0 Å². The summed E-state index contributed by atoms with van der Waals surface area (Å²) in [4.78, 5) is 2.64. The third kappa shape index (κ3) is 3.11. The van der Waals surface area contributed by atoms with E-state index in [1.165, 1.54) is 51.7 Å². The van der Waals surface area contributed by atoms with E-state index in [0.29, 0.717) is 5.41 Å². The molecule has 0 amide bonds. The van der Waals surface area contributed by atoms with Crippen LogP contribution < -0.4 is 0 Å². The zero-order valence-corrected chi connectivity index (χ0v) is 10.5. The molecule has 0 aliphatic carbocycles. The average Bonchev–Trinajstić information content (AvgIpc) is 2.32. The van der Waals surface area contributed by atoms with Crippen LogP contribution >= 0.6 is 12.6 Å². The summed E-state index contributed by atoms with van der Waals surface area (Å²) in [5, 5.41) is 0. The molecule has 0 saturated carbocycles. The van der Waals surface area contributed by atoms with Crippen molar-refractivity contribution < 1.29 is 4.74 Å². The second-order valence-electron chi connectivity index (χ2n) is 5.11. The molecule has 2 rings (SSSR count). The molecule has 0 bridgehead atoms. The molecule has 0 N–H and O–H groups in total. The second kappa shape index (κ2) is 5.55. The Balaban J connectivity index is 1.87. The molecule has 2 aliphatic rings. The lowest BCUT2D eigenvalue weighted by molar-refractivity contribution is 0.00491. The lowest BCUT2D eigenvalue weighted by Gasteiger charge is -2.41. The van der Waals surface area contributed by atoms with Crippen LogP contribution in [0.15, 0.2) is 0 Å². The van der Waals surface area contributed by atoms with Crippen LogP contribution in [-0.2, 0) is 4.74 Å². The van der Waals surface area contributed by atoms with Crippen molar-refractivity contribution in [1.29, 1.82) is 0 Å². The number of hydrogen-bond donors (Lipinski definition) is 1. The fourth-order valence-corrected chi connectivity index (χ4v) is 3.18. The molecule has 2 nitrogen and oxygen atoms in total. The van der Waals surface area contributed by atoms with Crippen molar-refractivity contribution in [2.75, 3.05) is 38.6 Å². The maximum atomic E-state index is 5.46. The smallest absolute Gasteiger partial charge is 0.0472 e. The monoisotopic (exact) mass is 229 g/mol. The summed E-state index contributed by atoms with van der Waals surface area (Å²) in [7, 11) is 0. The number of thiol groups is 1. The first-order valence-corrected chi connectivity index (χ1v) is 6.89. The van der Waals surface area contributed by atoms with Gasteiger partial charge in [0.15, 0.2) is 0 Å². The largest absolute Gasteiger partial charge is 0.381 e. The highest BCUT2D eigenvalue weighted by Gasteiger charge is 2.33. The van der Waals surface area contributed by atoms with Gasteiger partial charge in [-0.25, -0.2) is 0 Å². The summed E-state index contributed by atoms with van der Waals surface area (Å²) in [5.41, 5.74) is 0.443. The van der Waals surface area contributed by atoms with E-state index in [2.05, 4.69) is 17.5 Å². The molecule has 0 aromatic rings. The van der Waals surface area contributed by atoms with E-state index in [9.17, 15) is 0 Å². The predicted molar refractivity (Wildman–Crippen MR) is 66.6 cm³/mol. The Morgan fingerprint density at radius 1 is 1.07 bits per heavy atom. The van der Waals surface area contributed by atoms with Gasteiger partial charge in [0.2, 0.25) is 0 Å². The molecule has 0 aromatic heterocycles. The van der Waals surface area contributed by atoms with Gasteiger partial charge in [0.1, 0.15) is 0 Å². The molecule has 2 saturated heterocycles. The molecule has 2 aliphatic heterocycles. The highest BCUT2D eigenvalue weighted by Crippen LogP contribution is 2.33. The quantitative estimate of drug-likeness (QED) is 0.745. The second-order valence-corrected chi connectivity index (χ2v) is 5.42. The van der Waals surface area contributed by atoms with Crippen molar-refractivity contribution in [3.05, 3.63) is 0 Å². The summed E-state index contributed by atoms with van der Waals surface area (Å²) in [6.07, 6.45) is 6.60. The Hall–Kier alpha value is 0.270. The fraction of sp³-hybridized carbons (Fsp3) is 1.00. The molecule has 2 heterocycles. The highest BCUT2D eigenvalue weighted by molar-refractivity contribution is 7.80. The molecule has 0 radical (unpaired) electrons. The standard InChI is InChI=1S/C12H23NOS/c15-11-12(4-8-14-9-5-12)10-13-6-2-1-3-7-13/h15H,1-11H2. The third-order valence-electron chi connectivity index (χ3n) is 3.90. The maximum absolute atomic E-state index is 5.46. The minimum atomic E-state index is 0.443. The van der Waals surface area contributed by atoms with E-state index in [1.54, 1.807) is 0 Å². The van der Waals surface area contributed by atoms with Gasteiger partial charge in [0.25, 0.3) is 0 Å². The number of hydrogen-bond acceptors (Lipinski definition) is 3. The molecule has 0 spiro atoms. The Kier molecular flexibility index (Phi) is 4.35. The van der Waals surface area contributed by atoms with Crippen LogP contribution in [0.4, 0.5) is 0 Å². The minimum Gasteiger partial charge on any atom is -0.381 e. The summed E-state index contributed by atoms with van der Waals surface area (Å²) in [5.74, 6) is 1.02. The van der Waals surface area contributed by atoms with Crippen LogP contribution in [0, 0.1) is 5.41 Å². The summed E-state index contributed by atoms with van der Waals surface area (Å²) < 4.78 is 5.46. The number of rotatable bonds is 3. The first-order chi connectivity index (χ1) is 7.35. The average molecular weight is 229 g/mol. The summed E-state index contributed by atoms with van der Waals surface area (Å²) in [6.45, 7) is 5.73. The molecule has 15 heavy (non-hydrogen) atoms. The Bertz CT molecular complexity index is 186. The number of likely N-dealkylation sites (tertiary alicyclic amines) is 1. The minimum absolute atomic E-state index is 0.443. The normalized spacial score (nSPS) is 27.8. The van der Waals surface area contributed by atoms with Crippen LogP contribution in [0.5, 0.6) is 0 Å². The summed E-state index contributed by atoms with van der Waals surface area (Å²) >= 11 is 4.57. The Morgan fingerprint density at radius 3 is 2.33 bits per heavy atom. The van der Waals surface area contributed by atoms with Crippen molar-refractivity contribution in [3.63, 3.8) is 0 Å². The van der Waals surface area contributed by atoms with Gasteiger partial charge in [-0.1, -0.05) is 6.42 Å². The van der Waals surface area contributed by atoms with Crippen LogP contribution in [0.1, 0.15) is 32.1 Å². The van der Waals surface area contributed by atoms with Crippen LogP contribution in [-0.4, -0.2) is 43.5 Å². The van der Waals surface area contributed by atoms with Gasteiger partial charge in [-0.3, -0.25) is 0 Å². The lowest BCUT2D eigenvalue weighted by atomic mass is 9.81. The van der Waals surface area contributed by atoms with E-state index in [0.717, 1.165) is 19.0 Å². The van der Waals surface area contributed by atoms with Gasteiger partial charge in [0, 0.05) is 19.8 Å². The zero-order chi connectivity index (χ0) is 10.6. The lowest BCUT2D eigenvalue weighted by Crippen LogP contribution is -2.44. The van der Waals surface area contributed by atoms with Crippen molar-refractivity contribution in [2.45, 2.75) is 32.1 Å². The number of nitrogens with zero attached hydrogens (tertiary/aromatic N) is 1. The van der Waals surface area contributed by atoms with E-state index in [4.69, 9.17) is 4.74 Å². The van der Waals surface area contributed by atoms with Gasteiger partial charge in [-0.2, -0.15) is 12.6 Å². The number of ether oxygens (including phenoxy) is 1. The Morgan fingerprint density at radius 2 is 1.73 bits per heavy atom. The molecular formula is C12H23NOS. The molecule has 0 atom stereocenters. The van der Waals surface area contributed by atoms with Gasteiger partial charge < -0.3 is 9.64 Å². The zero-order valence-electron chi connectivity index (χ0n) is 9.58. The van der Waals surface area contributed by atoms with Gasteiger partial charge in [0.05, 0.1) is 0 Å². The highest BCUT2D eigenvalue weighted by atomic mass is 32.1. The fourth-order valence-electron chi connectivity index (χ4n) is 2.76. The molecule has 2 fully saturated rings. The van der Waals surface area contributed by atoms with Crippen molar-refractivity contribution in [2.24, 2.45) is 5.41 Å². The SMILES string of the molecule is SCC1(CN2CCCCC2)CCOCC1. The van der Waals surface area contributed by atoms with E-state index >= 15 is 0 Å². The summed E-state index contributed by atoms with van der Waals surface area (Å²) in [6, 6.07) is 0. The van der Waals surface area contributed by atoms with Crippen molar-refractivity contribution >= 4 is 12.6 Å². The third-order valence-corrected chi connectivity index (χ3v) is 4.57. The van der Waals surface area contributed by atoms with Crippen LogP contribution in [0.3, 0.4) is 0 Å². The van der Waals surface area contributed by atoms with Gasteiger partial charge >= 0.3 is 0 Å². The first-order valence-electron chi connectivity index (χ1n) is 6.26.